The van der Waals surface area contributed by atoms with Gasteiger partial charge in [0.1, 0.15) is 24.2 Å². The Morgan fingerprint density at radius 1 is 0.978 bits per heavy atom. The van der Waals surface area contributed by atoms with Crippen LogP contribution < -0.4 is 27.4 Å². The van der Waals surface area contributed by atoms with Gasteiger partial charge in [0.05, 0.1) is 6.04 Å². The van der Waals surface area contributed by atoms with Crippen molar-refractivity contribution in [3.05, 3.63) is 36.0 Å². The molecule has 5 atom stereocenters. The molecule has 45 heavy (non-hydrogen) atoms. The number of benzene rings is 1. The molecule has 1 aliphatic rings. The number of carbonyl (C=O) groups is 6. The van der Waals surface area contributed by atoms with Crippen molar-refractivity contribution < 1.29 is 39.0 Å². The number of amides is 4. The predicted octanol–water partition coefficient (Wildman–Crippen LogP) is -0.419. The summed E-state index contributed by atoms with van der Waals surface area (Å²) in [6, 6.07) is 1.90. The Labute approximate surface area is 260 Å². The molecule has 15 nitrogen and oxygen atoms in total. The standard InChI is InChI=1S/C30H43N7O8/c1-17(29(43)37-14-6-10-24(37)30(44)45)34-28(42)23(15-18-16-33-21-8-3-2-7-19(18)21)36-27(41)22(9-4-5-13-31)35-26(40)20(32)11-12-25(38)39/h2-3,7-8,16-17,20,22-24,33H,4-6,9-15,31-32H2,1H3,(H,34,42)(H,35,40)(H,36,41)(H,38,39)(H,44,45)/t17-,20-,22-,23-,24-/m0/s1. The van der Waals surface area contributed by atoms with Crippen molar-refractivity contribution in [2.24, 2.45) is 11.5 Å². The van der Waals surface area contributed by atoms with Crippen LogP contribution in [0.15, 0.2) is 30.5 Å². The molecule has 1 fully saturated rings. The van der Waals surface area contributed by atoms with Gasteiger partial charge in [0, 0.05) is 36.5 Å². The van der Waals surface area contributed by atoms with Gasteiger partial charge in [-0.2, -0.15) is 0 Å². The van der Waals surface area contributed by atoms with E-state index in [9.17, 15) is 33.9 Å². The number of hydrogen-bond acceptors (Lipinski definition) is 8. The molecule has 1 saturated heterocycles. The van der Waals surface area contributed by atoms with E-state index in [1.807, 2.05) is 24.3 Å². The molecule has 0 unspecified atom stereocenters. The summed E-state index contributed by atoms with van der Waals surface area (Å²) in [5, 5.41) is 27.2. The van der Waals surface area contributed by atoms with Crippen LogP contribution in [0.4, 0.5) is 0 Å². The molecule has 0 bridgehead atoms. The summed E-state index contributed by atoms with van der Waals surface area (Å²) in [7, 11) is 0. The Kier molecular flexibility index (Phi) is 12.9. The first-order chi connectivity index (χ1) is 21.4. The molecule has 0 saturated carbocycles. The minimum absolute atomic E-state index is 0.0333. The monoisotopic (exact) mass is 629 g/mol. The smallest absolute Gasteiger partial charge is 0.326 e. The molecule has 1 aromatic carbocycles. The van der Waals surface area contributed by atoms with E-state index in [4.69, 9.17) is 16.6 Å². The first-order valence-corrected chi connectivity index (χ1v) is 15.1. The number of rotatable bonds is 17. The van der Waals surface area contributed by atoms with Crippen molar-refractivity contribution in [2.75, 3.05) is 13.1 Å². The lowest BCUT2D eigenvalue weighted by Gasteiger charge is -2.28. The Morgan fingerprint density at radius 3 is 2.36 bits per heavy atom. The van der Waals surface area contributed by atoms with Crippen LogP contribution in [-0.4, -0.2) is 99.0 Å². The lowest BCUT2D eigenvalue weighted by Crippen LogP contribution is -2.58. The number of H-pyrrole nitrogens is 1. The van der Waals surface area contributed by atoms with Gasteiger partial charge in [-0.1, -0.05) is 18.2 Å². The van der Waals surface area contributed by atoms with E-state index in [2.05, 4.69) is 20.9 Å². The molecule has 1 aromatic heterocycles. The highest BCUT2D eigenvalue weighted by Crippen LogP contribution is 2.21. The third-order valence-electron chi connectivity index (χ3n) is 7.87. The van der Waals surface area contributed by atoms with Crippen LogP contribution in [-0.2, 0) is 35.2 Å². The summed E-state index contributed by atoms with van der Waals surface area (Å²) in [6.45, 7) is 2.07. The van der Waals surface area contributed by atoms with Crippen LogP contribution in [0, 0.1) is 0 Å². The molecule has 15 heteroatoms. The Balaban J connectivity index is 1.81. The Hall–Kier alpha value is -4.50. The largest absolute Gasteiger partial charge is 0.481 e. The third kappa shape index (κ3) is 9.74. The van der Waals surface area contributed by atoms with Crippen LogP contribution in [0.5, 0.6) is 0 Å². The van der Waals surface area contributed by atoms with Crippen LogP contribution in [0.3, 0.4) is 0 Å². The zero-order valence-corrected chi connectivity index (χ0v) is 25.3. The van der Waals surface area contributed by atoms with Gasteiger partial charge in [0.25, 0.3) is 0 Å². The number of carboxylic acids is 2. The fraction of sp³-hybridized carbons (Fsp3) is 0.533. The van der Waals surface area contributed by atoms with Crippen LogP contribution in [0.2, 0.25) is 0 Å². The second kappa shape index (κ2) is 16.5. The molecule has 0 radical (unpaired) electrons. The van der Waals surface area contributed by atoms with Crippen molar-refractivity contribution in [3.63, 3.8) is 0 Å². The maximum Gasteiger partial charge on any atom is 0.326 e. The topological polar surface area (TPSA) is 250 Å². The number of carbonyl (C=O) groups excluding carboxylic acids is 4. The number of aromatic nitrogens is 1. The van der Waals surface area contributed by atoms with E-state index in [0.717, 1.165) is 16.5 Å². The van der Waals surface area contributed by atoms with E-state index in [-0.39, 0.29) is 32.2 Å². The van der Waals surface area contributed by atoms with Crippen molar-refractivity contribution in [2.45, 2.75) is 88.5 Å². The molecule has 10 N–H and O–H groups in total. The van der Waals surface area contributed by atoms with Gasteiger partial charge in [-0.25, -0.2) is 4.79 Å². The van der Waals surface area contributed by atoms with Crippen LogP contribution in [0.1, 0.15) is 57.4 Å². The number of para-hydroxylation sites is 1. The molecular weight excluding hydrogens is 586 g/mol. The molecule has 246 valence electrons. The number of unbranched alkanes of at least 4 members (excludes halogenated alkanes) is 1. The number of likely N-dealkylation sites (tertiary alicyclic amines) is 1. The Bertz CT molecular complexity index is 1380. The maximum atomic E-state index is 13.6. The number of nitrogens with zero attached hydrogens (tertiary/aromatic N) is 1. The quantitative estimate of drug-likeness (QED) is 0.105. The molecule has 0 spiro atoms. The van der Waals surface area contributed by atoms with Crippen LogP contribution >= 0.6 is 0 Å². The van der Waals surface area contributed by atoms with Crippen molar-refractivity contribution in [1.82, 2.24) is 25.8 Å². The van der Waals surface area contributed by atoms with Crippen molar-refractivity contribution >= 4 is 46.5 Å². The molecule has 2 heterocycles. The highest BCUT2D eigenvalue weighted by molar-refractivity contribution is 5.96. The molecule has 0 aliphatic carbocycles. The fourth-order valence-corrected chi connectivity index (χ4v) is 5.36. The van der Waals surface area contributed by atoms with E-state index in [1.54, 1.807) is 6.20 Å². The number of aromatic amines is 1. The van der Waals surface area contributed by atoms with E-state index in [1.165, 1.54) is 11.8 Å². The number of carboxylic acid groups (broad SMARTS) is 2. The second-order valence-electron chi connectivity index (χ2n) is 11.3. The lowest BCUT2D eigenvalue weighted by atomic mass is 10.0. The summed E-state index contributed by atoms with van der Waals surface area (Å²) in [4.78, 5) is 80.0. The Morgan fingerprint density at radius 2 is 1.67 bits per heavy atom. The summed E-state index contributed by atoms with van der Waals surface area (Å²) >= 11 is 0. The zero-order chi connectivity index (χ0) is 33.1. The fourth-order valence-electron chi connectivity index (χ4n) is 5.36. The minimum Gasteiger partial charge on any atom is -0.481 e. The average Bonchev–Trinajstić information content (AvgIpc) is 3.66. The number of fused-ring (bicyclic) bond motifs is 1. The molecular formula is C30H43N7O8. The van der Waals surface area contributed by atoms with Gasteiger partial charge in [0.2, 0.25) is 23.6 Å². The SMILES string of the molecule is C[C@H](NC(=O)[C@H](Cc1c[nH]c2ccccc12)NC(=O)[C@H](CCCCN)NC(=O)[C@@H](N)CCC(=O)O)C(=O)N1CCC[C@H]1C(=O)O. The molecule has 1 aliphatic heterocycles. The summed E-state index contributed by atoms with van der Waals surface area (Å²) < 4.78 is 0. The van der Waals surface area contributed by atoms with Gasteiger partial charge in [-0.3, -0.25) is 24.0 Å². The first-order valence-electron chi connectivity index (χ1n) is 15.1. The summed E-state index contributed by atoms with van der Waals surface area (Å²) in [5.74, 6) is -4.83. The second-order valence-corrected chi connectivity index (χ2v) is 11.3. The lowest BCUT2D eigenvalue weighted by molar-refractivity contribution is -0.149. The zero-order valence-electron chi connectivity index (χ0n) is 25.3. The van der Waals surface area contributed by atoms with Gasteiger partial charge in [-0.05, 0) is 63.6 Å². The van der Waals surface area contributed by atoms with Gasteiger partial charge in [-0.15, -0.1) is 0 Å². The highest BCUT2D eigenvalue weighted by Gasteiger charge is 2.37. The molecule has 4 amide bonds. The highest BCUT2D eigenvalue weighted by atomic mass is 16.4. The van der Waals surface area contributed by atoms with Gasteiger partial charge < -0.3 is 47.5 Å². The first kappa shape index (κ1) is 35.0. The number of hydrogen-bond donors (Lipinski definition) is 8. The van der Waals surface area contributed by atoms with Crippen molar-refractivity contribution in [3.8, 4) is 0 Å². The van der Waals surface area contributed by atoms with Crippen LogP contribution in [0.25, 0.3) is 10.9 Å². The number of aliphatic carboxylic acids is 2. The third-order valence-corrected chi connectivity index (χ3v) is 7.87. The summed E-state index contributed by atoms with van der Waals surface area (Å²) in [6.07, 6.45) is 3.37. The minimum atomic E-state index is -1.18. The normalized spacial score (nSPS) is 17.2. The van der Waals surface area contributed by atoms with Gasteiger partial charge >= 0.3 is 11.9 Å². The average molecular weight is 630 g/mol. The number of nitrogens with two attached hydrogens (primary N) is 2. The van der Waals surface area contributed by atoms with Gasteiger partial charge in [0.15, 0.2) is 0 Å². The summed E-state index contributed by atoms with van der Waals surface area (Å²) in [5.41, 5.74) is 13.0. The number of nitrogens with one attached hydrogen (secondary N) is 4. The van der Waals surface area contributed by atoms with E-state index >= 15 is 0 Å². The van der Waals surface area contributed by atoms with E-state index < -0.39 is 65.8 Å². The predicted molar refractivity (Wildman–Crippen MR) is 164 cm³/mol. The van der Waals surface area contributed by atoms with E-state index in [0.29, 0.717) is 32.2 Å². The maximum absolute atomic E-state index is 13.6. The molecule has 2 aromatic rings. The molecule has 3 rings (SSSR count). The van der Waals surface area contributed by atoms with Crippen molar-refractivity contribution in [1.29, 1.82) is 0 Å².